The van der Waals surface area contributed by atoms with Gasteiger partial charge < -0.3 is 0 Å². The first-order chi connectivity index (χ1) is 0. The summed E-state index contributed by atoms with van der Waals surface area (Å²) in [4.78, 5) is 0. The molecule has 0 aliphatic heterocycles. The van der Waals surface area contributed by atoms with Crippen molar-refractivity contribution in [3.63, 3.8) is 0 Å². The average Bonchev–Trinajstić information content (AvgIpc) is 0. The van der Waals surface area contributed by atoms with Gasteiger partial charge in [0.05, 0.1) is 0 Å². The van der Waals surface area contributed by atoms with Crippen LogP contribution in [0, 0.1) is 41.7 Å². The van der Waals surface area contributed by atoms with Crippen molar-refractivity contribution in [2.75, 3.05) is 0 Å². The zero-order valence-electron chi connectivity index (χ0n) is 2.17. The monoisotopic (exact) mass is 435 g/mol. The fourth-order valence-electron chi connectivity index (χ4n) is 0. The number of hydrogen-bond acceptors (Lipinski definition) is 0. The third-order valence-corrected chi connectivity index (χ3v) is 0. The van der Waals surface area contributed by atoms with Gasteiger partial charge in [0.25, 0.3) is 0 Å². The van der Waals surface area contributed by atoms with Gasteiger partial charge in [0.15, 0.2) is 0 Å². The molecule has 0 aromatic heterocycles. The molecule has 6 heteroatoms. The number of hydrogen-bond donors (Lipinski definition) is 0. The van der Waals surface area contributed by atoms with Crippen LogP contribution in [0.1, 0.15) is 0 Å². The van der Waals surface area contributed by atoms with E-state index in [1.807, 2.05) is 0 Å². The summed E-state index contributed by atoms with van der Waals surface area (Å²) in [5.41, 5.74) is 0. The van der Waals surface area contributed by atoms with E-state index in [4.69, 9.17) is 0 Å². The van der Waals surface area contributed by atoms with Gasteiger partial charge in [-0.3, -0.25) is 0 Å². The molecule has 0 amide bonds. The Labute approximate surface area is 123 Å². The topological polar surface area (TPSA) is 0 Å². The molecule has 0 aliphatic rings. The summed E-state index contributed by atoms with van der Waals surface area (Å²) >= 11 is 0. The Morgan fingerprint density at radius 2 is 0.333 bits per heavy atom. The Morgan fingerprint density at radius 3 is 0.333 bits per heavy atom. The van der Waals surface area contributed by atoms with Gasteiger partial charge in [-0.05, 0) is 0 Å². The van der Waals surface area contributed by atoms with Gasteiger partial charge in [0, 0.05) is 126 Å². The van der Waals surface area contributed by atoms with E-state index >= 15 is 0 Å². The van der Waals surface area contributed by atoms with Crippen molar-refractivity contribution < 1.29 is 126 Å². The van der Waals surface area contributed by atoms with Gasteiger partial charge in [0.1, 0.15) is 0 Å². The van der Waals surface area contributed by atoms with Crippen LogP contribution >= 0.6 is 0 Å². The van der Waals surface area contributed by atoms with Crippen molar-refractivity contribution in [2.45, 2.75) is 0 Å². The van der Waals surface area contributed by atoms with E-state index in [0.717, 1.165) is 0 Å². The van der Waals surface area contributed by atoms with Crippen LogP contribution in [-0.4, -0.2) is 0 Å². The molecule has 0 aromatic carbocycles. The minimum absolute atomic E-state index is 0. The Bertz CT molecular complexity index is 3.90. The molecule has 0 aliphatic carbocycles. The quantitative estimate of drug-likeness (QED) is 0.503. The molecule has 0 atom stereocenters. The largest absolute Gasteiger partial charge is 0 e. The first kappa shape index (κ1) is 51.5. The Kier molecular flexibility index (Phi) is 313. The fraction of sp³-hybridized carbons (Fsp3) is 0. The molecule has 0 saturated heterocycles. The second-order valence-corrected chi connectivity index (χ2v) is 0. The predicted molar refractivity (Wildman–Crippen MR) is 0 cm³/mol. The van der Waals surface area contributed by atoms with Crippen LogP contribution in [0.25, 0.3) is 0 Å². The Hall–Kier alpha value is 3.91. The second kappa shape index (κ2) is 36.5. The van der Waals surface area contributed by atoms with Gasteiger partial charge in [-0.2, -0.15) is 0 Å². The van der Waals surface area contributed by atoms with E-state index in [-0.39, 0.29) is 126 Å². The van der Waals surface area contributed by atoms with Crippen LogP contribution in [0.3, 0.4) is 0 Å². The average molecular weight is 435 g/mol. The summed E-state index contributed by atoms with van der Waals surface area (Å²) in [5, 5.41) is 0. The van der Waals surface area contributed by atoms with Crippen molar-refractivity contribution in [1.29, 1.82) is 0 Å². The van der Waals surface area contributed by atoms with Crippen LogP contribution in [0.5, 0.6) is 0 Å². The van der Waals surface area contributed by atoms with Crippen LogP contribution in [-0.2, 0) is 83.9 Å². The van der Waals surface area contributed by atoms with Gasteiger partial charge in [-0.25, -0.2) is 0 Å². The summed E-state index contributed by atoms with van der Waals surface area (Å²) in [7, 11) is 0. The van der Waals surface area contributed by atoms with E-state index in [2.05, 4.69) is 0 Å². The molecule has 0 spiro atoms. The molecule has 49 valence electrons. The summed E-state index contributed by atoms with van der Waals surface area (Å²) in [6.07, 6.45) is 0. The molecule has 0 N–H and O–H groups in total. The maximum atomic E-state index is 0. The molecule has 0 nitrogen and oxygen atoms in total. The van der Waals surface area contributed by atoms with Gasteiger partial charge >= 0.3 is 0 Å². The summed E-state index contributed by atoms with van der Waals surface area (Å²) in [6.45, 7) is 0. The van der Waals surface area contributed by atoms with Crippen molar-refractivity contribution in [3.05, 3.63) is 0 Å². The first-order valence-corrected chi connectivity index (χ1v) is 0. The molecule has 0 saturated carbocycles. The van der Waals surface area contributed by atoms with Gasteiger partial charge in [-0.1, -0.05) is 0 Å². The summed E-state index contributed by atoms with van der Waals surface area (Å²) in [6, 6.07) is 0. The first-order valence-electron chi connectivity index (χ1n) is 0. The van der Waals surface area contributed by atoms with E-state index in [0.29, 0.717) is 0 Å². The maximum Gasteiger partial charge on any atom is 0 e. The molecule has 6 heavy (non-hydrogen) atoms. The SMILES string of the molecule is [Ce].[Co].[Co].[Co].[Co].[Co]. The molecule has 0 rings (SSSR count). The zero-order chi connectivity index (χ0) is 0. The second-order valence-electron chi connectivity index (χ2n) is 0. The van der Waals surface area contributed by atoms with Crippen LogP contribution < -0.4 is 0 Å². The van der Waals surface area contributed by atoms with Crippen molar-refractivity contribution in [2.24, 2.45) is 0 Å². The third kappa shape index (κ3) is 24.7. The molecule has 0 aromatic rings. The van der Waals surface area contributed by atoms with Crippen LogP contribution in [0.2, 0.25) is 0 Å². The normalized spacial score (nSPS) is 0. The van der Waals surface area contributed by atoms with Crippen LogP contribution in [0.4, 0.5) is 0 Å². The Balaban J connectivity index is 0. The standard InChI is InChI=1S/Ce.5Co. The van der Waals surface area contributed by atoms with E-state index in [1.54, 1.807) is 0 Å². The number of rotatable bonds is 0. The van der Waals surface area contributed by atoms with Crippen LogP contribution in [0.15, 0.2) is 0 Å². The van der Waals surface area contributed by atoms with Crippen molar-refractivity contribution in [3.8, 4) is 0 Å². The van der Waals surface area contributed by atoms with Gasteiger partial charge in [-0.15, -0.1) is 0 Å². The minimum Gasteiger partial charge on any atom is 0 e. The predicted octanol–water partition coefficient (Wildman–Crippen LogP) is -0.0125. The van der Waals surface area contributed by atoms with Crippen molar-refractivity contribution >= 4 is 0 Å². The minimum atomic E-state index is 0. The molecule has 0 bridgehead atoms. The van der Waals surface area contributed by atoms with Gasteiger partial charge in [0.2, 0.25) is 0 Å². The van der Waals surface area contributed by atoms with Crippen molar-refractivity contribution in [1.82, 2.24) is 0 Å². The summed E-state index contributed by atoms with van der Waals surface area (Å²) < 4.78 is 0. The third-order valence-electron chi connectivity index (χ3n) is 0. The van der Waals surface area contributed by atoms with E-state index < -0.39 is 0 Å². The molecule has 0 fully saturated rings. The van der Waals surface area contributed by atoms with E-state index in [1.165, 1.54) is 0 Å². The Morgan fingerprint density at radius 1 is 0.333 bits per heavy atom. The molecular weight excluding hydrogens is 435 g/mol. The van der Waals surface area contributed by atoms with E-state index in [9.17, 15) is 0 Å². The molecule has 5 radical (unpaired) electrons. The molecule has 0 unspecified atom stereocenters. The fourth-order valence-corrected chi connectivity index (χ4v) is 0. The molecular formula is CeCo5. The zero-order valence-corrected chi connectivity index (χ0v) is 10.5. The molecule has 0 heterocycles. The maximum absolute atomic E-state index is 0. The smallest absolute Gasteiger partial charge is 0 e. The summed E-state index contributed by atoms with van der Waals surface area (Å²) in [5.74, 6) is 0.